The molecular weight excluding hydrogens is 335 g/mol. The number of nitrogens with zero attached hydrogens (tertiary/aromatic N) is 3. The van der Waals surface area contributed by atoms with E-state index in [9.17, 15) is 4.79 Å². The number of nitrogens with one attached hydrogen (secondary N) is 1. The molecule has 1 fully saturated rings. The van der Waals surface area contributed by atoms with Gasteiger partial charge in [-0.2, -0.15) is 5.10 Å². The largest absolute Gasteiger partial charge is 0.334 e. The first kappa shape index (κ1) is 17.8. The summed E-state index contributed by atoms with van der Waals surface area (Å²) in [5.41, 5.74) is 2.13. The van der Waals surface area contributed by atoms with Crippen molar-refractivity contribution in [3.8, 4) is 5.69 Å². The van der Waals surface area contributed by atoms with Gasteiger partial charge < -0.3 is 10.2 Å². The molecule has 1 atom stereocenters. The van der Waals surface area contributed by atoms with Crippen molar-refractivity contribution in [2.45, 2.75) is 19.9 Å². The Hall–Kier alpha value is -1.56. The molecule has 1 aromatic carbocycles. The molecule has 0 spiro atoms. The zero-order valence-electron chi connectivity index (χ0n) is 13.1. The van der Waals surface area contributed by atoms with Crippen LogP contribution in [-0.4, -0.2) is 46.3 Å². The van der Waals surface area contributed by atoms with Crippen molar-refractivity contribution in [2.24, 2.45) is 0 Å². The Morgan fingerprint density at radius 3 is 2.83 bits per heavy atom. The summed E-state index contributed by atoms with van der Waals surface area (Å²) in [6.07, 6.45) is 1.85. The molecule has 0 saturated carbocycles. The molecule has 1 amide bonds. The minimum atomic E-state index is -0.0170. The number of carbonyl (C=O) groups excluding carboxylic acids is 1. The predicted octanol–water partition coefficient (Wildman–Crippen LogP) is 2.69. The lowest BCUT2D eigenvalue weighted by atomic mass is 10.2. The van der Waals surface area contributed by atoms with E-state index >= 15 is 0 Å². The van der Waals surface area contributed by atoms with E-state index in [0.29, 0.717) is 29.8 Å². The molecule has 124 valence electrons. The molecule has 0 radical (unpaired) electrons. The Kier molecular flexibility index (Phi) is 5.68. The normalized spacial score (nSPS) is 17.7. The number of hydrogen-bond acceptors (Lipinski definition) is 3. The summed E-state index contributed by atoms with van der Waals surface area (Å²) in [4.78, 5) is 14.5. The first-order valence-electron chi connectivity index (χ1n) is 7.40. The number of halogens is 2. The molecule has 1 saturated heterocycles. The van der Waals surface area contributed by atoms with Crippen LogP contribution >= 0.6 is 24.0 Å². The molecule has 3 rings (SSSR count). The van der Waals surface area contributed by atoms with Gasteiger partial charge in [0, 0.05) is 37.4 Å². The highest BCUT2D eigenvalue weighted by atomic mass is 35.5. The number of hydrogen-bond donors (Lipinski definition) is 1. The number of aryl methyl sites for hydroxylation is 1. The SMILES string of the molecule is Cc1cn(-c2ccccc2Cl)nc1C(=O)N1CCN[C@H](C)C1.Cl. The van der Waals surface area contributed by atoms with Gasteiger partial charge in [-0.15, -0.1) is 12.4 Å². The third-order valence-corrected chi connectivity index (χ3v) is 4.17. The number of aromatic nitrogens is 2. The van der Waals surface area contributed by atoms with Crippen LogP contribution in [0.15, 0.2) is 30.5 Å². The lowest BCUT2D eigenvalue weighted by molar-refractivity contribution is 0.0702. The van der Waals surface area contributed by atoms with Gasteiger partial charge >= 0.3 is 0 Å². The lowest BCUT2D eigenvalue weighted by Gasteiger charge is -2.31. The van der Waals surface area contributed by atoms with Crippen LogP contribution in [-0.2, 0) is 0 Å². The monoisotopic (exact) mass is 354 g/mol. The molecule has 7 heteroatoms. The molecular formula is C16H20Cl2N4O. The minimum Gasteiger partial charge on any atom is -0.334 e. The standard InChI is InChI=1S/C16H19ClN4O.ClH/c1-11-9-21(14-6-4-3-5-13(14)17)19-15(11)16(22)20-8-7-18-12(2)10-20;/h3-6,9,12,18H,7-8,10H2,1-2H3;1H/t12-;/m1./s1. The maximum absolute atomic E-state index is 12.7. The van der Waals surface area contributed by atoms with Crippen molar-refractivity contribution in [3.05, 3.63) is 46.7 Å². The van der Waals surface area contributed by atoms with E-state index in [1.54, 1.807) is 4.68 Å². The lowest BCUT2D eigenvalue weighted by Crippen LogP contribution is -2.51. The van der Waals surface area contributed by atoms with Gasteiger partial charge in [0.2, 0.25) is 0 Å². The molecule has 1 aliphatic heterocycles. The Labute approximate surface area is 147 Å². The van der Waals surface area contributed by atoms with Crippen molar-refractivity contribution in [1.82, 2.24) is 20.0 Å². The van der Waals surface area contributed by atoms with E-state index in [1.807, 2.05) is 42.3 Å². The number of amides is 1. The first-order chi connectivity index (χ1) is 10.6. The minimum absolute atomic E-state index is 0. The number of benzene rings is 1. The first-order valence-corrected chi connectivity index (χ1v) is 7.78. The summed E-state index contributed by atoms with van der Waals surface area (Å²) in [6.45, 7) is 6.21. The Balaban J connectivity index is 0.00000192. The molecule has 0 unspecified atom stereocenters. The Morgan fingerprint density at radius 2 is 2.13 bits per heavy atom. The van der Waals surface area contributed by atoms with E-state index < -0.39 is 0 Å². The van der Waals surface area contributed by atoms with Gasteiger partial charge in [0.15, 0.2) is 5.69 Å². The molecule has 0 aliphatic carbocycles. The van der Waals surface area contributed by atoms with Crippen molar-refractivity contribution in [3.63, 3.8) is 0 Å². The molecule has 1 aliphatic rings. The second-order valence-electron chi connectivity index (χ2n) is 5.66. The average molecular weight is 355 g/mol. The van der Waals surface area contributed by atoms with Gasteiger partial charge in [-0.1, -0.05) is 23.7 Å². The zero-order valence-corrected chi connectivity index (χ0v) is 14.7. The second kappa shape index (κ2) is 7.34. The molecule has 2 aromatic rings. The molecule has 2 heterocycles. The Bertz CT molecular complexity index is 701. The van der Waals surface area contributed by atoms with Crippen molar-refractivity contribution in [1.29, 1.82) is 0 Å². The number of piperazine rings is 1. The summed E-state index contributed by atoms with van der Waals surface area (Å²) < 4.78 is 1.68. The highest BCUT2D eigenvalue weighted by molar-refractivity contribution is 6.32. The fourth-order valence-corrected chi connectivity index (χ4v) is 2.92. The van der Waals surface area contributed by atoms with Gasteiger partial charge in [0.05, 0.1) is 10.7 Å². The molecule has 0 bridgehead atoms. The van der Waals surface area contributed by atoms with E-state index in [-0.39, 0.29) is 18.3 Å². The predicted molar refractivity (Wildman–Crippen MR) is 93.9 cm³/mol. The van der Waals surface area contributed by atoms with Crippen LogP contribution in [0.4, 0.5) is 0 Å². The summed E-state index contributed by atoms with van der Waals surface area (Å²) in [5, 5.41) is 8.41. The molecule has 1 aromatic heterocycles. The fraction of sp³-hybridized carbons (Fsp3) is 0.375. The Morgan fingerprint density at radius 1 is 1.39 bits per heavy atom. The number of para-hydroxylation sites is 1. The van der Waals surface area contributed by atoms with E-state index in [4.69, 9.17) is 11.6 Å². The number of carbonyl (C=O) groups is 1. The smallest absolute Gasteiger partial charge is 0.274 e. The van der Waals surface area contributed by atoms with Crippen LogP contribution in [0, 0.1) is 6.92 Å². The van der Waals surface area contributed by atoms with Crippen molar-refractivity contribution in [2.75, 3.05) is 19.6 Å². The van der Waals surface area contributed by atoms with Gasteiger partial charge in [-0.25, -0.2) is 4.68 Å². The summed E-state index contributed by atoms with van der Waals surface area (Å²) in [5.74, 6) is -0.0170. The van der Waals surface area contributed by atoms with Crippen LogP contribution in [0.25, 0.3) is 5.69 Å². The van der Waals surface area contributed by atoms with Gasteiger partial charge in [-0.05, 0) is 26.0 Å². The van der Waals surface area contributed by atoms with Crippen molar-refractivity contribution < 1.29 is 4.79 Å². The third-order valence-electron chi connectivity index (χ3n) is 3.86. The summed E-state index contributed by atoms with van der Waals surface area (Å²) >= 11 is 6.20. The highest BCUT2D eigenvalue weighted by Gasteiger charge is 2.25. The maximum atomic E-state index is 12.7. The van der Waals surface area contributed by atoms with Gasteiger partial charge in [-0.3, -0.25) is 4.79 Å². The van der Waals surface area contributed by atoms with Crippen LogP contribution in [0.1, 0.15) is 23.0 Å². The van der Waals surface area contributed by atoms with Crippen LogP contribution < -0.4 is 5.32 Å². The van der Waals surface area contributed by atoms with Crippen LogP contribution in [0.2, 0.25) is 5.02 Å². The van der Waals surface area contributed by atoms with Gasteiger partial charge in [0.25, 0.3) is 5.91 Å². The summed E-state index contributed by atoms with van der Waals surface area (Å²) in [6, 6.07) is 7.78. The van der Waals surface area contributed by atoms with E-state index in [0.717, 1.165) is 17.8 Å². The number of rotatable bonds is 2. The van der Waals surface area contributed by atoms with Crippen molar-refractivity contribution >= 4 is 29.9 Å². The molecule has 5 nitrogen and oxygen atoms in total. The average Bonchev–Trinajstić information content (AvgIpc) is 2.88. The quantitative estimate of drug-likeness (QED) is 0.901. The second-order valence-corrected chi connectivity index (χ2v) is 6.07. The highest BCUT2D eigenvalue weighted by Crippen LogP contribution is 2.21. The summed E-state index contributed by atoms with van der Waals surface area (Å²) in [7, 11) is 0. The van der Waals surface area contributed by atoms with E-state index in [2.05, 4.69) is 17.3 Å². The zero-order chi connectivity index (χ0) is 15.7. The fourth-order valence-electron chi connectivity index (χ4n) is 2.70. The van der Waals surface area contributed by atoms with Crippen LogP contribution in [0.3, 0.4) is 0 Å². The third kappa shape index (κ3) is 3.68. The van der Waals surface area contributed by atoms with Gasteiger partial charge in [0.1, 0.15) is 0 Å². The topological polar surface area (TPSA) is 50.2 Å². The van der Waals surface area contributed by atoms with Crippen LogP contribution in [0.5, 0.6) is 0 Å². The molecule has 23 heavy (non-hydrogen) atoms. The van der Waals surface area contributed by atoms with E-state index in [1.165, 1.54) is 0 Å². The molecule has 1 N–H and O–H groups in total. The maximum Gasteiger partial charge on any atom is 0.274 e.